The highest BCUT2D eigenvalue weighted by Crippen LogP contribution is 2.31. The molecule has 9 heteroatoms. The summed E-state index contributed by atoms with van der Waals surface area (Å²) < 4.78 is 43.3. The van der Waals surface area contributed by atoms with Gasteiger partial charge < -0.3 is 5.32 Å². The topological polar surface area (TPSA) is 29.9 Å². The smallest absolute Gasteiger partial charge is 0.174 e. The molecule has 1 heterocycles. The van der Waals surface area contributed by atoms with E-state index < -0.39 is 11.6 Å². The molecule has 4 aromatic rings. The predicted octanol–water partition coefficient (Wildman–Crippen LogP) is 7.50. The molecule has 0 aliphatic carbocycles. The largest absolute Gasteiger partial charge is 0.366 e. The van der Waals surface area contributed by atoms with Gasteiger partial charge in [-0.25, -0.2) is 18.2 Å². The molecule has 1 aromatic heterocycles. The highest BCUT2D eigenvalue weighted by atomic mass is 35.5. The summed E-state index contributed by atoms with van der Waals surface area (Å²) in [6.45, 7) is 0.426. The third-order valence-electron chi connectivity index (χ3n) is 4.68. The molecular weight excluding hydrogens is 478 g/mol. The number of hydrogen-bond donors (Lipinski definition) is 1. The minimum Gasteiger partial charge on any atom is -0.366 e. The summed E-state index contributed by atoms with van der Waals surface area (Å²) in [5.74, 6) is -0.935. The molecule has 1 N–H and O–H groups in total. The second-order valence-electron chi connectivity index (χ2n) is 6.83. The lowest BCUT2D eigenvalue weighted by molar-refractivity contribution is 0.566. The van der Waals surface area contributed by atoms with Gasteiger partial charge in [0.2, 0.25) is 0 Å². The SMILES string of the molecule is Fc1ccc(-n2c(NCc3ccc(Cl)c(Cl)c3)cnc2SCc2c(F)cccc2F)cc1. The fraction of sp³-hybridized carbons (Fsp3) is 0.0870. The van der Waals surface area contributed by atoms with Crippen molar-refractivity contribution in [3.8, 4) is 5.69 Å². The maximum absolute atomic E-state index is 14.0. The van der Waals surface area contributed by atoms with Gasteiger partial charge in [-0.15, -0.1) is 0 Å². The maximum atomic E-state index is 14.0. The standard InChI is InChI=1S/C23H16Cl2F3N3S/c24-18-9-4-14(10-19(18)25)11-29-22-12-30-23(31(22)16-7-5-15(26)6-8-16)32-13-17-20(27)2-1-3-21(17)28/h1-10,12,29H,11,13H2. The number of imidazole rings is 1. The Morgan fingerprint density at radius 3 is 2.31 bits per heavy atom. The highest BCUT2D eigenvalue weighted by molar-refractivity contribution is 7.98. The molecule has 0 bridgehead atoms. The quantitative estimate of drug-likeness (QED) is 0.270. The highest BCUT2D eigenvalue weighted by Gasteiger charge is 2.16. The Balaban J connectivity index is 1.62. The van der Waals surface area contributed by atoms with Crippen LogP contribution in [0.15, 0.2) is 72.0 Å². The number of nitrogens with zero attached hydrogens (tertiary/aromatic N) is 2. The number of anilines is 1. The van der Waals surface area contributed by atoms with Gasteiger partial charge in [0.15, 0.2) is 5.16 Å². The number of benzene rings is 3. The Hall–Kier alpha value is -2.61. The number of hydrogen-bond acceptors (Lipinski definition) is 3. The van der Waals surface area contributed by atoms with E-state index >= 15 is 0 Å². The summed E-state index contributed by atoms with van der Waals surface area (Å²) in [4.78, 5) is 4.41. The van der Waals surface area contributed by atoms with Gasteiger partial charge in [-0.1, -0.05) is 47.1 Å². The van der Waals surface area contributed by atoms with Crippen LogP contribution in [0.2, 0.25) is 10.0 Å². The Morgan fingerprint density at radius 2 is 1.62 bits per heavy atom. The maximum Gasteiger partial charge on any atom is 0.174 e. The molecule has 0 aliphatic rings. The summed E-state index contributed by atoms with van der Waals surface area (Å²) in [6.07, 6.45) is 1.61. The van der Waals surface area contributed by atoms with Crippen molar-refractivity contribution in [2.45, 2.75) is 17.5 Å². The van der Waals surface area contributed by atoms with Gasteiger partial charge in [0.25, 0.3) is 0 Å². The Bertz CT molecular complexity index is 1230. The van der Waals surface area contributed by atoms with E-state index in [9.17, 15) is 13.2 Å². The third-order valence-corrected chi connectivity index (χ3v) is 6.40. The second kappa shape index (κ2) is 9.90. The van der Waals surface area contributed by atoms with Gasteiger partial charge in [-0.05, 0) is 54.1 Å². The van der Waals surface area contributed by atoms with Crippen molar-refractivity contribution < 1.29 is 13.2 Å². The molecule has 0 saturated carbocycles. The monoisotopic (exact) mass is 493 g/mol. The minimum atomic E-state index is -0.615. The van der Waals surface area contributed by atoms with E-state index in [-0.39, 0.29) is 17.1 Å². The normalized spacial score (nSPS) is 11.0. The van der Waals surface area contributed by atoms with Crippen LogP contribution in [0.5, 0.6) is 0 Å². The first-order valence-corrected chi connectivity index (χ1v) is 11.2. The molecule has 0 spiro atoms. The molecule has 32 heavy (non-hydrogen) atoms. The van der Waals surface area contributed by atoms with Crippen LogP contribution >= 0.6 is 35.0 Å². The molecule has 164 valence electrons. The van der Waals surface area contributed by atoms with E-state index in [2.05, 4.69) is 10.3 Å². The van der Waals surface area contributed by atoms with Crippen LogP contribution < -0.4 is 5.32 Å². The molecule has 0 fully saturated rings. The van der Waals surface area contributed by atoms with Crippen molar-refractivity contribution >= 4 is 40.8 Å². The van der Waals surface area contributed by atoms with Crippen molar-refractivity contribution in [2.24, 2.45) is 0 Å². The molecule has 0 unspecified atom stereocenters. The Labute approximate surface area is 197 Å². The number of rotatable bonds is 7. The van der Waals surface area contributed by atoms with Gasteiger partial charge in [0.1, 0.15) is 23.3 Å². The Kier molecular flexibility index (Phi) is 6.98. The van der Waals surface area contributed by atoms with Gasteiger partial charge in [-0.3, -0.25) is 4.57 Å². The lowest BCUT2D eigenvalue weighted by atomic mass is 10.2. The number of aromatic nitrogens is 2. The van der Waals surface area contributed by atoms with Crippen LogP contribution in [0.25, 0.3) is 5.69 Å². The number of nitrogens with one attached hydrogen (secondary N) is 1. The molecule has 0 saturated heterocycles. The van der Waals surface area contributed by atoms with Crippen LogP contribution in [0.3, 0.4) is 0 Å². The Morgan fingerprint density at radius 1 is 0.906 bits per heavy atom. The number of halogens is 5. The first kappa shape index (κ1) is 22.6. The zero-order valence-electron chi connectivity index (χ0n) is 16.5. The zero-order chi connectivity index (χ0) is 22.7. The van der Waals surface area contributed by atoms with E-state index in [0.717, 1.165) is 5.56 Å². The van der Waals surface area contributed by atoms with Crippen molar-refractivity contribution in [3.05, 3.63) is 105 Å². The fourth-order valence-corrected chi connectivity index (χ4v) is 4.38. The second-order valence-corrected chi connectivity index (χ2v) is 8.59. The molecule has 4 rings (SSSR count). The van der Waals surface area contributed by atoms with Crippen LogP contribution in [0, 0.1) is 17.5 Å². The van der Waals surface area contributed by atoms with Crippen LogP contribution in [-0.4, -0.2) is 9.55 Å². The van der Waals surface area contributed by atoms with Crippen molar-refractivity contribution in [2.75, 3.05) is 5.32 Å². The minimum absolute atomic E-state index is 0.0310. The van der Waals surface area contributed by atoms with E-state index in [1.54, 1.807) is 35.0 Å². The molecule has 3 aromatic carbocycles. The van der Waals surface area contributed by atoms with E-state index in [0.29, 0.717) is 33.3 Å². The zero-order valence-corrected chi connectivity index (χ0v) is 18.8. The van der Waals surface area contributed by atoms with E-state index in [4.69, 9.17) is 23.2 Å². The molecule has 0 atom stereocenters. The first-order valence-electron chi connectivity index (χ1n) is 9.49. The summed E-state index contributed by atoms with van der Waals surface area (Å²) in [5, 5.41) is 4.68. The van der Waals surface area contributed by atoms with Gasteiger partial charge in [-0.2, -0.15) is 0 Å². The first-order chi connectivity index (χ1) is 15.4. The summed E-state index contributed by atoms with van der Waals surface area (Å²) in [6, 6.07) is 15.0. The van der Waals surface area contributed by atoms with E-state index in [1.165, 1.54) is 42.1 Å². The molecular formula is C23H16Cl2F3N3S. The average molecular weight is 494 g/mol. The molecule has 0 radical (unpaired) electrons. The van der Waals surface area contributed by atoms with Gasteiger partial charge >= 0.3 is 0 Å². The average Bonchev–Trinajstić information content (AvgIpc) is 3.17. The summed E-state index contributed by atoms with van der Waals surface area (Å²) >= 11 is 13.2. The third kappa shape index (κ3) is 5.06. The molecule has 3 nitrogen and oxygen atoms in total. The van der Waals surface area contributed by atoms with E-state index in [1.807, 2.05) is 6.07 Å². The fourth-order valence-electron chi connectivity index (χ4n) is 3.05. The van der Waals surface area contributed by atoms with Crippen LogP contribution in [0.4, 0.5) is 19.0 Å². The van der Waals surface area contributed by atoms with Gasteiger partial charge in [0, 0.05) is 23.5 Å². The van der Waals surface area contributed by atoms with Gasteiger partial charge in [0.05, 0.1) is 16.2 Å². The van der Waals surface area contributed by atoms with Crippen LogP contribution in [-0.2, 0) is 12.3 Å². The summed E-state index contributed by atoms with van der Waals surface area (Å²) in [5.41, 5.74) is 1.52. The lowest BCUT2D eigenvalue weighted by Gasteiger charge is -2.14. The van der Waals surface area contributed by atoms with Crippen molar-refractivity contribution in [3.63, 3.8) is 0 Å². The van der Waals surface area contributed by atoms with Crippen LogP contribution in [0.1, 0.15) is 11.1 Å². The number of thioether (sulfide) groups is 1. The molecule has 0 aliphatic heterocycles. The molecule has 0 amide bonds. The van der Waals surface area contributed by atoms with Crippen molar-refractivity contribution in [1.29, 1.82) is 0 Å². The predicted molar refractivity (Wildman–Crippen MR) is 123 cm³/mol. The summed E-state index contributed by atoms with van der Waals surface area (Å²) in [7, 11) is 0. The van der Waals surface area contributed by atoms with Crippen molar-refractivity contribution in [1.82, 2.24) is 9.55 Å². The lowest BCUT2D eigenvalue weighted by Crippen LogP contribution is -2.06.